The second-order valence-corrected chi connectivity index (χ2v) is 17.5. The van der Waals surface area contributed by atoms with Crippen molar-refractivity contribution in [1.82, 2.24) is 0 Å². The number of benzene rings is 4. The summed E-state index contributed by atoms with van der Waals surface area (Å²) in [5, 5.41) is 4.47. The van der Waals surface area contributed by atoms with Crippen LogP contribution in [0.5, 0.6) is 5.75 Å². The van der Waals surface area contributed by atoms with Crippen LogP contribution in [-0.2, 0) is 4.79 Å². The van der Waals surface area contributed by atoms with Crippen LogP contribution in [0.25, 0.3) is 4.91 Å². The molecule has 0 atom stereocenters. The first-order valence-electron chi connectivity index (χ1n) is 15.4. The number of hydrogen-bond donors (Lipinski definition) is 0. The third-order valence-electron chi connectivity index (χ3n) is 8.13. The van der Waals surface area contributed by atoms with Gasteiger partial charge in [0.25, 0.3) is 0 Å². The van der Waals surface area contributed by atoms with Crippen LogP contribution in [-0.4, -0.2) is 12.1 Å². The van der Waals surface area contributed by atoms with E-state index in [0.717, 1.165) is 29.7 Å². The Morgan fingerprint density at radius 2 is 1.09 bits per heavy atom. The molecule has 222 valence electrons. The summed E-state index contributed by atoms with van der Waals surface area (Å²) in [6.07, 6.45) is 11.8. The fourth-order valence-corrected chi connectivity index (χ4v) is 12.9. The van der Waals surface area contributed by atoms with Gasteiger partial charge in [-0.05, 0) is 23.8 Å². The zero-order valence-electron chi connectivity index (χ0n) is 24.8. The molecule has 0 unspecified atom stereocenters. The zero-order valence-corrected chi connectivity index (χ0v) is 27.4. The van der Waals surface area contributed by atoms with Gasteiger partial charge >= 0.3 is 193 Å². The van der Waals surface area contributed by atoms with Crippen molar-refractivity contribution in [3.63, 3.8) is 0 Å². The van der Waals surface area contributed by atoms with Crippen molar-refractivity contribution >= 4 is 55.6 Å². The molecule has 0 radical (unpaired) electrons. The third-order valence-corrected chi connectivity index (χ3v) is 15.6. The van der Waals surface area contributed by atoms with Crippen LogP contribution >= 0.6 is 28.9 Å². The number of hydrogen-bond acceptors (Lipinski definition) is 4. The van der Waals surface area contributed by atoms with Crippen LogP contribution in [0.15, 0.2) is 133 Å². The monoisotopic (exact) mass is 624 g/mol. The van der Waals surface area contributed by atoms with E-state index in [1.165, 1.54) is 52.7 Å². The maximum Gasteiger partial charge on any atom is -0.0185 e. The fourth-order valence-electron chi connectivity index (χ4n) is 5.94. The molecule has 2 nitrogen and oxygen atoms in total. The summed E-state index contributed by atoms with van der Waals surface area (Å²) in [5.74, 6) is 0.472. The van der Waals surface area contributed by atoms with Gasteiger partial charge in [-0.1, -0.05) is 40.3 Å². The molecule has 0 aromatic heterocycles. The van der Waals surface area contributed by atoms with Gasteiger partial charge in [0.05, 0.1) is 0 Å². The smallest absolute Gasteiger partial charge is 0.0185 e. The number of unbranched alkanes of at least 4 members (excludes halogenated alkanes) is 6. The van der Waals surface area contributed by atoms with Crippen LogP contribution in [0, 0.1) is 0 Å². The van der Waals surface area contributed by atoms with Crippen molar-refractivity contribution in [2.75, 3.05) is 6.16 Å². The second kappa shape index (κ2) is 16.1. The standard InChI is InChI=1S/C38H41O2PS2/c1-31-30-37(43-42-31)32-25-27-33(28-26-32)40-38(39)24-16-5-3-2-4-6-17-29-41(34-18-10-7-11-19-34,35-20-12-8-13-21-35)36-22-14-9-15-23-36/h7-15,18-23,25-28,30,41H,1-6,16-17,24,29H2. The molecule has 1 aliphatic rings. The van der Waals surface area contributed by atoms with Gasteiger partial charge in [0.15, 0.2) is 0 Å². The molecule has 1 heterocycles. The van der Waals surface area contributed by atoms with Crippen molar-refractivity contribution in [1.29, 1.82) is 0 Å². The Morgan fingerprint density at radius 1 is 0.605 bits per heavy atom. The van der Waals surface area contributed by atoms with Gasteiger partial charge < -0.3 is 0 Å². The first-order chi connectivity index (χ1) is 21.1. The summed E-state index contributed by atoms with van der Waals surface area (Å²) in [6.45, 7) is 3.98. The molecule has 0 N–H and O–H groups in total. The molecule has 5 rings (SSSR count). The largest absolute Gasteiger partial charge is 0.0531 e. The van der Waals surface area contributed by atoms with E-state index >= 15 is 0 Å². The van der Waals surface area contributed by atoms with E-state index in [0.29, 0.717) is 12.2 Å². The van der Waals surface area contributed by atoms with E-state index in [2.05, 4.69) is 104 Å². The molecule has 0 saturated heterocycles. The Morgan fingerprint density at radius 3 is 1.58 bits per heavy atom. The van der Waals surface area contributed by atoms with Crippen LogP contribution in [0.1, 0.15) is 56.9 Å². The van der Waals surface area contributed by atoms with Crippen LogP contribution in [0.4, 0.5) is 0 Å². The molecule has 4 aromatic carbocycles. The van der Waals surface area contributed by atoms with E-state index < -0.39 is 7.26 Å². The molecule has 0 saturated carbocycles. The van der Waals surface area contributed by atoms with Crippen LogP contribution < -0.4 is 20.7 Å². The molecule has 0 bridgehead atoms. The fraction of sp³-hybridized carbons (Fsp3) is 0.237. The summed E-state index contributed by atoms with van der Waals surface area (Å²) in [7, 11) is 1.27. The number of esters is 1. The molecular weight excluding hydrogens is 584 g/mol. The van der Waals surface area contributed by atoms with Crippen molar-refractivity contribution in [3.05, 3.63) is 138 Å². The predicted octanol–water partition coefficient (Wildman–Crippen LogP) is 9.69. The second-order valence-electron chi connectivity index (χ2n) is 11.1. The summed E-state index contributed by atoms with van der Waals surface area (Å²) < 4.78 is 5.57. The summed E-state index contributed by atoms with van der Waals surface area (Å²) >= 11 is 0. The molecule has 1 aliphatic heterocycles. The van der Waals surface area contributed by atoms with Crippen molar-refractivity contribution in [3.8, 4) is 5.75 Å². The number of allylic oxidation sites excluding steroid dienone is 1. The minimum absolute atomic E-state index is 0.143. The SMILES string of the molecule is C=C1C=C(c2ccc(OC(=O)CCCCCCCCC[PH](c3ccccc3)(c3ccccc3)c3ccccc3)cc2)SS1. The normalized spacial score (nSPS) is 13.5. The number of ether oxygens (including phenoxy) is 1. The first-order valence-corrected chi connectivity index (χ1v) is 19.7. The Bertz CT molecular complexity index is 1390. The third kappa shape index (κ3) is 8.54. The number of carbonyl (C=O) groups excluding carboxylic acids is 1. The Labute approximate surface area is 265 Å². The van der Waals surface area contributed by atoms with E-state index in [9.17, 15) is 4.79 Å². The average molecular weight is 625 g/mol. The molecule has 0 spiro atoms. The summed E-state index contributed by atoms with van der Waals surface area (Å²) in [6, 6.07) is 41.4. The number of carbonyl (C=O) groups is 1. The molecular formula is C38H41O2PS2. The van der Waals surface area contributed by atoms with Crippen LogP contribution in [0.2, 0.25) is 0 Å². The number of rotatable bonds is 15. The Hall–Kier alpha value is -3.04. The van der Waals surface area contributed by atoms with Gasteiger partial charge in [-0.25, -0.2) is 0 Å². The van der Waals surface area contributed by atoms with Gasteiger partial charge in [-0.3, -0.25) is 0 Å². The van der Waals surface area contributed by atoms with Gasteiger partial charge in [0.2, 0.25) is 0 Å². The van der Waals surface area contributed by atoms with Gasteiger partial charge in [0.1, 0.15) is 0 Å². The van der Waals surface area contributed by atoms with Crippen LogP contribution in [0.3, 0.4) is 0 Å². The van der Waals surface area contributed by atoms with Gasteiger partial charge in [-0.2, -0.15) is 0 Å². The Balaban J connectivity index is 1.05. The van der Waals surface area contributed by atoms with E-state index in [-0.39, 0.29) is 5.97 Å². The van der Waals surface area contributed by atoms with Gasteiger partial charge in [-0.15, -0.1) is 0 Å². The maximum absolute atomic E-state index is 12.4. The van der Waals surface area contributed by atoms with Gasteiger partial charge in [0, 0.05) is 9.81 Å². The topological polar surface area (TPSA) is 26.3 Å². The Kier molecular flexibility index (Phi) is 11.8. The van der Waals surface area contributed by atoms with Crippen molar-refractivity contribution < 1.29 is 9.53 Å². The average Bonchev–Trinajstić information content (AvgIpc) is 3.50. The van der Waals surface area contributed by atoms with E-state index in [1.54, 1.807) is 21.6 Å². The molecule has 0 aliphatic carbocycles. The molecule has 0 fully saturated rings. The summed E-state index contributed by atoms with van der Waals surface area (Å²) in [5.41, 5.74) is 1.13. The van der Waals surface area contributed by atoms with E-state index in [4.69, 9.17) is 4.74 Å². The minimum atomic E-state index is -2.12. The van der Waals surface area contributed by atoms with E-state index in [1.807, 2.05) is 24.3 Å². The molecule has 4 aromatic rings. The van der Waals surface area contributed by atoms with Crippen molar-refractivity contribution in [2.45, 2.75) is 51.4 Å². The maximum atomic E-state index is 12.4. The predicted molar refractivity (Wildman–Crippen MR) is 193 cm³/mol. The molecule has 5 heteroatoms. The minimum Gasteiger partial charge on any atom is -0.0531 e. The zero-order chi connectivity index (χ0) is 29.7. The van der Waals surface area contributed by atoms with Crippen molar-refractivity contribution in [2.24, 2.45) is 0 Å². The first kappa shape index (κ1) is 31.4. The molecule has 0 amide bonds. The molecule has 43 heavy (non-hydrogen) atoms. The quantitative estimate of drug-likeness (QED) is 0.0433. The summed E-state index contributed by atoms with van der Waals surface area (Å²) in [4.78, 5) is 14.6.